The summed E-state index contributed by atoms with van der Waals surface area (Å²) in [7, 11) is 3.21. The predicted molar refractivity (Wildman–Crippen MR) is 121 cm³/mol. The number of hydrogen-bond donors (Lipinski definition) is 0. The molecule has 1 aliphatic rings. The summed E-state index contributed by atoms with van der Waals surface area (Å²) in [6.45, 7) is 4.47. The molecule has 3 rings (SSSR count). The van der Waals surface area contributed by atoms with Crippen molar-refractivity contribution in [1.29, 1.82) is 0 Å². The average molecular weight is 425 g/mol. The highest BCUT2D eigenvalue weighted by atomic mass is 16.5. The highest BCUT2D eigenvalue weighted by Gasteiger charge is 2.23. The number of hydrogen-bond acceptors (Lipinski definition) is 4. The van der Waals surface area contributed by atoms with Crippen molar-refractivity contribution in [2.45, 2.75) is 32.6 Å². The molecule has 2 amide bonds. The van der Waals surface area contributed by atoms with E-state index in [1.54, 1.807) is 14.2 Å². The summed E-state index contributed by atoms with van der Waals surface area (Å²) in [4.78, 5) is 28.9. The zero-order chi connectivity index (χ0) is 22.2. The Morgan fingerprint density at radius 1 is 0.742 bits per heavy atom. The van der Waals surface area contributed by atoms with Gasteiger partial charge in [0.05, 0.1) is 14.2 Å². The van der Waals surface area contributed by atoms with E-state index in [2.05, 4.69) is 31.2 Å². The van der Waals surface area contributed by atoms with Crippen molar-refractivity contribution < 1.29 is 19.1 Å². The van der Waals surface area contributed by atoms with Crippen LogP contribution < -0.4 is 9.47 Å². The molecule has 0 aromatic heterocycles. The Morgan fingerprint density at radius 3 is 1.74 bits per heavy atom. The summed E-state index contributed by atoms with van der Waals surface area (Å²) in [5, 5.41) is 0. The summed E-state index contributed by atoms with van der Waals surface area (Å²) in [5.41, 5.74) is 3.45. The Morgan fingerprint density at radius 2 is 1.23 bits per heavy atom. The first-order valence-electron chi connectivity index (χ1n) is 10.8. The number of ether oxygens (including phenoxy) is 2. The van der Waals surface area contributed by atoms with Gasteiger partial charge in [-0.25, -0.2) is 0 Å². The topological polar surface area (TPSA) is 59.1 Å². The molecule has 0 saturated carbocycles. The Labute approximate surface area is 184 Å². The SMILES string of the molecule is COc1ccc(CCC(=O)N2CCN(C(=O)CCc3ccc(C)cc3)CC2)cc1OC. The molecule has 166 valence electrons. The lowest BCUT2D eigenvalue weighted by atomic mass is 10.1. The zero-order valence-electron chi connectivity index (χ0n) is 18.7. The van der Waals surface area contributed by atoms with Gasteiger partial charge >= 0.3 is 0 Å². The van der Waals surface area contributed by atoms with Gasteiger partial charge in [0.1, 0.15) is 0 Å². The second-order valence-electron chi connectivity index (χ2n) is 7.94. The van der Waals surface area contributed by atoms with Crippen LogP contribution >= 0.6 is 0 Å². The maximum absolute atomic E-state index is 12.6. The van der Waals surface area contributed by atoms with Crippen LogP contribution in [0.25, 0.3) is 0 Å². The molecule has 0 unspecified atom stereocenters. The quantitative estimate of drug-likeness (QED) is 0.653. The van der Waals surface area contributed by atoms with Crippen molar-refractivity contribution in [3.63, 3.8) is 0 Å². The third-order valence-electron chi connectivity index (χ3n) is 5.81. The van der Waals surface area contributed by atoms with E-state index in [0.717, 1.165) is 12.0 Å². The van der Waals surface area contributed by atoms with Gasteiger partial charge in [0, 0.05) is 39.0 Å². The van der Waals surface area contributed by atoms with Crippen molar-refractivity contribution in [3.05, 3.63) is 59.2 Å². The molecule has 2 aromatic carbocycles. The van der Waals surface area contributed by atoms with Gasteiger partial charge in [-0.1, -0.05) is 35.9 Å². The van der Waals surface area contributed by atoms with Crippen LogP contribution in [0.5, 0.6) is 11.5 Å². The molecule has 2 aromatic rings. The second kappa shape index (κ2) is 10.8. The van der Waals surface area contributed by atoms with Crippen molar-refractivity contribution in [2.24, 2.45) is 0 Å². The molecule has 6 heteroatoms. The number of aryl methyl sites for hydroxylation is 3. The van der Waals surface area contributed by atoms with Crippen molar-refractivity contribution in [2.75, 3.05) is 40.4 Å². The fourth-order valence-corrected chi connectivity index (χ4v) is 3.81. The fourth-order valence-electron chi connectivity index (χ4n) is 3.81. The first kappa shape index (κ1) is 22.7. The monoisotopic (exact) mass is 424 g/mol. The number of benzene rings is 2. The van der Waals surface area contributed by atoms with Crippen molar-refractivity contribution >= 4 is 11.8 Å². The number of carbonyl (C=O) groups is 2. The van der Waals surface area contributed by atoms with Crippen LogP contribution in [0, 0.1) is 6.92 Å². The Kier molecular flexibility index (Phi) is 7.93. The molecule has 0 bridgehead atoms. The Bertz CT molecular complexity index is 887. The third kappa shape index (κ3) is 6.23. The summed E-state index contributed by atoms with van der Waals surface area (Å²) in [6, 6.07) is 14.0. The van der Waals surface area contributed by atoms with E-state index in [1.807, 2.05) is 28.0 Å². The molecule has 1 fully saturated rings. The maximum atomic E-state index is 12.6. The smallest absolute Gasteiger partial charge is 0.223 e. The van der Waals surface area contributed by atoms with Crippen LogP contribution in [-0.2, 0) is 22.4 Å². The van der Waals surface area contributed by atoms with Crippen molar-refractivity contribution in [1.82, 2.24) is 9.80 Å². The van der Waals surface area contributed by atoms with E-state index < -0.39 is 0 Å². The normalized spacial score (nSPS) is 13.8. The van der Waals surface area contributed by atoms with Gasteiger partial charge in [-0.05, 0) is 43.0 Å². The minimum absolute atomic E-state index is 0.126. The Balaban J connectivity index is 1.42. The maximum Gasteiger partial charge on any atom is 0.223 e. The van der Waals surface area contributed by atoms with Gasteiger partial charge < -0.3 is 19.3 Å². The predicted octanol–water partition coefficient (Wildman–Crippen LogP) is 3.25. The molecular weight excluding hydrogens is 392 g/mol. The van der Waals surface area contributed by atoms with Crippen molar-refractivity contribution in [3.8, 4) is 11.5 Å². The van der Waals surface area contributed by atoms with Crippen LogP contribution in [0.2, 0.25) is 0 Å². The lowest BCUT2D eigenvalue weighted by Gasteiger charge is -2.35. The van der Waals surface area contributed by atoms with E-state index in [-0.39, 0.29) is 11.8 Å². The lowest BCUT2D eigenvalue weighted by Crippen LogP contribution is -2.50. The summed E-state index contributed by atoms with van der Waals surface area (Å²) >= 11 is 0. The number of nitrogens with zero attached hydrogens (tertiary/aromatic N) is 2. The highest BCUT2D eigenvalue weighted by Crippen LogP contribution is 2.28. The number of carbonyl (C=O) groups excluding carboxylic acids is 2. The fraction of sp³-hybridized carbons (Fsp3) is 0.440. The second-order valence-corrected chi connectivity index (χ2v) is 7.94. The first-order chi connectivity index (χ1) is 15.0. The summed E-state index contributed by atoms with van der Waals surface area (Å²) < 4.78 is 10.6. The molecule has 0 atom stereocenters. The van der Waals surface area contributed by atoms with Gasteiger partial charge in [-0.3, -0.25) is 9.59 Å². The molecule has 0 N–H and O–H groups in total. The minimum Gasteiger partial charge on any atom is -0.493 e. The largest absolute Gasteiger partial charge is 0.493 e. The van der Waals surface area contributed by atoms with E-state index in [1.165, 1.54) is 11.1 Å². The number of amides is 2. The summed E-state index contributed by atoms with van der Waals surface area (Å²) in [6.07, 6.45) is 2.35. The van der Waals surface area contributed by atoms with Crippen LogP contribution in [0.3, 0.4) is 0 Å². The molecule has 1 saturated heterocycles. The zero-order valence-corrected chi connectivity index (χ0v) is 18.7. The highest BCUT2D eigenvalue weighted by molar-refractivity contribution is 5.78. The average Bonchev–Trinajstić information content (AvgIpc) is 2.81. The Hall–Kier alpha value is -3.02. The van der Waals surface area contributed by atoms with E-state index in [0.29, 0.717) is 56.9 Å². The number of rotatable bonds is 8. The molecule has 31 heavy (non-hydrogen) atoms. The third-order valence-corrected chi connectivity index (χ3v) is 5.81. The molecule has 1 heterocycles. The summed E-state index contributed by atoms with van der Waals surface area (Å²) in [5.74, 6) is 1.64. The molecular formula is C25H32N2O4. The van der Waals surface area contributed by atoms with Gasteiger partial charge in [-0.15, -0.1) is 0 Å². The van der Waals surface area contributed by atoms with Crippen LogP contribution in [-0.4, -0.2) is 62.0 Å². The van der Waals surface area contributed by atoms with Crippen LogP contribution in [0.1, 0.15) is 29.5 Å². The van der Waals surface area contributed by atoms with E-state index >= 15 is 0 Å². The van der Waals surface area contributed by atoms with Crippen LogP contribution in [0.4, 0.5) is 0 Å². The molecule has 1 aliphatic heterocycles. The molecule has 0 aliphatic carbocycles. The van der Waals surface area contributed by atoms with Crippen LogP contribution in [0.15, 0.2) is 42.5 Å². The van der Waals surface area contributed by atoms with Gasteiger partial charge in [-0.2, -0.15) is 0 Å². The van der Waals surface area contributed by atoms with Gasteiger partial charge in [0.2, 0.25) is 11.8 Å². The molecule has 0 spiro atoms. The number of piperazine rings is 1. The lowest BCUT2D eigenvalue weighted by molar-refractivity contribution is -0.139. The first-order valence-corrected chi connectivity index (χ1v) is 10.8. The van der Waals surface area contributed by atoms with Gasteiger partial charge in [0.25, 0.3) is 0 Å². The van der Waals surface area contributed by atoms with E-state index in [4.69, 9.17) is 9.47 Å². The minimum atomic E-state index is 0.126. The van der Waals surface area contributed by atoms with Gasteiger partial charge in [0.15, 0.2) is 11.5 Å². The molecule has 6 nitrogen and oxygen atoms in total. The van der Waals surface area contributed by atoms with E-state index in [9.17, 15) is 9.59 Å². The number of methoxy groups -OCH3 is 2. The molecule has 0 radical (unpaired) electrons. The standard InChI is InChI=1S/C25H32N2O4/c1-19-4-6-20(7-5-19)9-12-24(28)26-14-16-27(17-15-26)25(29)13-10-21-8-11-22(30-2)23(18-21)31-3/h4-8,11,18H,9-10,12-17H2,1-3H3.